The van der Waals surface area contributed by atoms with Gasteiger partial charge in [-0.05, 0) is 36.4 Å². The first-order chi connectivity index (χ1) is 18.2. The zero-order valence-electron chi connectivity index (χ0n) is 19.8. The Morgan fingerprint density at radius 2 is 1.61 bits per heavy atom. The Hall–Kier alpha value is -4.93. The van der Waals surface area contributed by atoms with Gasteiger partial charge < -0.3 is 27.8 Å². The molecule has 0 aliphatic heterocycles. The van der Waals surface area contributed by atoms with Crippen LogP contribution in [0.3, 0.4) is 0 Å². The summed E-state index contributed by atoms with van der Waals surface area (Å²) in [5.41, 5.74) is -1.20. The van der Waals surface area contributed by atoms with E-state index in [2.05, 4.69) is 0 Å². The van der Waals surface area contributed by atoms with Crippen molar-refractivity contribution in [3.63, 3.8) is 0 Å². The molecule has 0 unspecified atom stereocenters. The third kappa shape index (κ3) is 4.61. The second-order valence-electron chi connectivity index (χ2n) is 7.90. The highest BCUT2D eigenvalue weighted by molar-refractivity contribution is 5.95. The lowest BCUT2D eigenvalue weighted by Gasteiger charge is -2.14. The molecule has 0 radical (unpaired) electrons. The summed E-state index contributed by atoms with van der Waals surface area (Å²) in [5.74, 6) is -3.29. The highest BCUT2D eigenvalue weighted by Crippen LogP contribution is 2.39. The van der Waals surface area contributed by atoms with Gasteiger partial charge in [0.15, 0.2) is 11.3 Å². The van der Waals surface area contributed by atoms with Gasteiger partial charge in [0.2, 0.25) is 16.9 Å². The summed E-state index contributed by atoms with van der Waals surface area (Å²) >= 11 is 0. The van der Waals surface area contributed by atoms with Gasteiger partial charge in [-0.15, -0.1) is 0 Å². The van der Waals surface area contributed by atoms with E-state index in [-0.39, 0.29) is 22.6 Å². The zero-order chi connectivity index (χ0) is 27.0. The minimum atomic E-state index is -5.07. The SMILES string of the molecule is COc1cccc(Oc2c(C(F)(F)F)oc3cc(OC(=O)c4cc5cccc(OC)c5o4)ccc3c2=O)c1. The van der Waals surface area contributed by atoms with E-state index in [1.54, 1.807) is 24.3 Å². The van der Waals surface area contributed by atoms with Crippen LogP contribution < -0.4 is 24.4 Å². The number of hydrogen-bond acceptors (Lipinski definition) is 8. The predicted octanol–water partition coefficient (Wildman–Crippen LogP) is 6.59. The highest BCUT2D eigenvalue weighted by atomic mass is 19.4. The Labute approximate surface area is 211 Å². The van der Waals surface area contributed by atoms with Crippen molar-refractivity contribution in [2.75, 3.05) is 14.2 Å². The zero-order valence-corrected chi connectivity index (χ0v) is 19.8. The fraction of sp³-hybridized carbons (Fsp3) is 0.111. The topological polar surface area (TPSA) is 97.3 Å². The molecule has 0 aliphatic rings. The molecule has 0 aliphatic carbocycles. The molecule has 194 valence electrons. The normalized spacial score (nSPS) is 11.5. The molecule has 2 aromatic heterocycles. The Balaban J connectivity index is 1.51. The van der Waals surface area contributed by atoms with E-state index in [1.807, 2.05) is 0 Å². The average molecular weight is 526 g/mol. The van der Waals surface area contributed by atoms with Crippen molar-refractivity contribution in [3.8, 4) is 28.7 Å². The molecule has 0 saturated carbocycles. The van der Waals surface area contributed by atoms with Crippen LogP contribution in [0.25, 0.3) is 21.9 Å². The minimum Gasteiger partial charge on any atom is -0.497 e. The van der Waals surface area contributed by atoms with Gasteiger partial charge >= 0.3 is 12.1 Å². The summed E-state index contributed by atoms with van der Waals surface area (Å²) < 4.78 is 73.0. The van der Waals surface area contributed by atoms with Crippen molar-refractivity contribution < 1.29 is 45.7 Å². The first kappa shape index (κ1) is 24.8. The molecular formula is C27H17F3O8. The molecule has 2 heterocycles. The van der Waals surface area contributed by atoms with Gasteiger partial charge in [0.25, 0.3) is 5.76 Å². The highest BCUT2D eigenvalue weighted by Gasteiger charge is 2.40. The number of para-hydroxylation sites is 1. The summed E-state index contributed by atoms with van der Waals surface area (Å²) in [6.45, 7) is 0. The van der Waals surface area contributed by atoms with Crippen LogP contribution in [0, 0.1) is 0 Å². The number of carbonyl (C=O) groups excluding carboxylic acids is 1. The summed E-state index contributed by atoms with van der Waals surface area (Å²) in [6, 6.07) is 15.6. The van der Waals surface area contributed by atoms with Crippen LogP contribution in [0.1, 0.15) is 16.3 Å². The summed E-state index contributed by atoms with van der Waals surface area (Å²) in [4.78, 5) is 25.7. The number of fused-ring (bicyclic) bond motifs is 2. The van der Waals surface area contributed by atoms with Crippen LogP contribution >= 0.6 is 0 Å². The molecule has 0 amide bonds. The van der Waals surface area contributed by atoms with Crippen LogP contribution in [0.5, 0.6) is 28.7 Å². The lowest BCUT2D eigenvalue weighted by atomic mass is 10.2. The molecule has 0 atom stereocenters. The molecule has 5 rings (SSSR count). The van der Waals surface area contributed by atoms with Crippen molar-refractivity contribution in [2.45, 2.75) is 6.18 Å². The van der Waals surface area contributed by atoms with E-state index in [9.17, 15) is 22.8 Å². The van der Waals surface area contributed by atoms with Crippen LogP contribution in [0.4, 0.5) is 13.2 Å². The predicted molar refractivity (Wildman–Crippen MR) is 128 cm³/mol. The first-order valence-electron chi connectivity index (χ1n) is 11.0. The first-order valence-corrected chi connectivity index (χ1v) is 11.0. The molecular weight excluding hydrogens is 509 g/mol. The summed E-state index contributed by atoms with van der Waals surface area (Å²) in [5, 5.41) is 0.364. The maximum atomic E-state index is 13.9. The standard InChI is InChI=1S/C27H17F3O8/c1-33-15-6-4-7-16(12-15)35-24-22(31)18-10-9-17(13-20(18)38-25(24)27(28,29)30)36-26(32)21-11-14-5-3-8-19(34-2)23(14)37-21/h3-13H,1-2H3. The van der Waals surface area contributed by atoms with Crippen molar-refractivity contribution in [2.24, 2.45) is 0 Å². The van der Waals surface area contributed by atoms with E-state index in [1.165, 1.54) is 50.6 Å². The van der Waals surface area contributed by atoms with Gasteiger partial charge in [-0.2, -0.15) is 13.2 Å². The molecule has 3 aromatic carbocycles. The summed E-state index contributed by atoms with van der Waals surface area (Å²) in [7, 11) is 2.82. The lowest BCUT2D eigenvalue weighted by Crippen LogP contribution is -2.15. The van der Waals surface area contributed by atoms with Gasteiger partial charge in [0, 0.05) is 17.5 Å². The average Bonchev–Trinajstić information content (AvgIpc) is 3.34. The number of hydrogen-bond donors (Lipinski definition) is 0. The van der Waals surface area contributed by atoms with Crippen molar-refractivity contribution in [1.82, 2.24) is 0 Å². The smallest absolute Gasteiger partial charge is 0.453 e. The Morgan fingerprint density at radius 3 is 2.34 bits per heavy atom. The third-order valence-electron chi connectivity index (χ3n) is 5.48. The monoisotopic (exact) mass is 526 g/mol. The van der Waals surface area contributed by atoms with Gasteiger partial charge in [0.05, 0.1) is 19.6 Å². The molecule has 8 nitrogen and oxygen atoms in total. The maximum absolute atomic E-state index is 13.9. The fourth-order valence-electron chi connectivity index (χ4n) is 3.74. The number of esters is 1. The third-order valence-corrected chi connectivity index (χ3v) is 5.48. The van der Waals surface area contributed by atoms with E-state index < -0.39 is 34.7 Å². The van der Waals surface area contributed by atoms with Crippen LogP contribution in [-0.2, 0) is 6.18 Å². The van der Waals surface area contributed by atoms with E-state index in [0.717, 1.165) is 6.07 Å². The quantitative estimate of drug-likeness (QED) is 0.181. The number of carbonyl (C=O) groups is 1. The van der Waals surface area contributed by atoms with Gasteiger partial charge in [-0.1, -0.05) is 18.2 Å². The number of methoxy groups -OCH3 is 2. The largest absolute Gasteiger partial charge is 0.497 e. The van der Waals surface area contributed by atoms with E-state index in [4.69, 9.17) is 27.8 Å². The van der Waals surface area contributed by atoms with Gasteiger partial charge in [0.1, 0.15) is 22.8 Å². The van der Waals surface area contributed by atoms with Crippen LogP contribution in [-0.4, -0.2) is 20.2 Å². The lowest BCUT2D eigenvalue weighted by molar-refractivity contribution is -0.154. The molecule has 0 fully saturated rings. The van der Waals surface area contributed by atoms with Crippen LogP contribution in [0.2, 0.25) is 0 Å². The molecule has 11 heteroatoms. The second kappa shape index (κ2) is 9.51. The van der Waals surface area contributed by atoms with Crippen molar-refractivity contribution in [3.05, 3.63) is 88.5 Å². The molecule has 0 N–H and O–H groups in total. The summed E-state index contributed by atoms with van der Waals surface area (Å²) in [6.07, 6.45) is -5.07. The van der Waals surface area contributed by atoms with Gasteiger partial charge in [-0.3, -0.25) is 4.79 Å². The Kier molecular flexibility index (Phi) is 6.19. The number of benzene rings is 3. The second-order valence-corrected chi connectivity index (χ2v) is 7.90. The Bertz CT molecular complexity index is 1730. The number of furan rings is 1. The minimum absolute atomic E-state index is 0.0606. The van der Waals surface area contributed by atoms with Crippen LogP contribution in [0.15, 0.2) is 80.4 Å². The molecule has 0 spiro atoms. The molecule has 0 saturated heterocycles. The maximum Gasteiger partial charge on any atom is 0.453 e. The van der Waals surface area contributed by atoms with Crippen molar-refractivity contribution >= 4 is 27.9 Å². The molecule has 38 heavy (non-hydrogen) atoms. The number of rotatable bonds is 6. The van der Waals surface area contributed by atoms with Gasteiger partial charge in [-0.25, -0.2) is 4.79 Å². The number of halogens is 3. The molecule has 5 aromatic rings. The number of ether oxygens (including phenoxy) is 4. The van der Waals surface area contributed by atoms with E-state index in [0.29, 0.717) is 22.5 Å². The van der Waals surface area contributed by atoms with E-state index >= 15 is 0 Å². The fourth-order valence-corrected chi connectivity index (χ4v) is 3.74. The number of alkyl halides is 3. The molecule has 0 bridgehead atoms. The van der Waals surface area contributed by atoms with Crippen molar-refractivity contribution in [1.29, 1.82) is 0 Å². The Morgan fingerprint density at radius 1 is 0.842 bits per heavy atom.